The van der Waals surface area contributed by atoms with E-state index in [0.717, 1.165) is 18.4 Å². The van der Waals surface area contributed by atoms with Gasteiger partial charge in [0.2, 0.25) is 0 Å². The average Bonchev–Trinajstić information content (AvgIpc) is 3.07. The summed E-state index contributed by atoms with van der Waals surface area (Å²) in [6.07, 6.45) is 3.93. The minimum Gasteiger partial charge on any atom is -0.262 e. The van der Waals surface area contributed by atoms with Gasteiger partial charge in [-0.05, 0) is 40.9 Å². The maximum Gasteiger partial charge on any atom is 0.148 e. The predicted molar refractivity (Wildman–Crippen MR) is 67.0 cm³/mol. The van der Waals surface area contributed by atoms with Crippen molar-refractivity contribution in [1.82, 2.24) is 9.78 Å². The van der Waals surface area contributed by atoms with E-state index in [0.29, 0.717) is 15.9 Å². The van der Waals surface area contributed by atoms with Crippen LogP contribution in [0.15, 0.2) is 22.8 Å². The van der Waals surface area contributed by atoms with Gasteiger partial charge in [-0.3, -0.25) is 4.68 Å². The van der Waals surface area contributed by atoms with Crippen molar-refractivity contribution in [2.24, 2.45) is 0 Å². The monoisotopic (exact) mass is 284 g/mol. The second kappa shape index (κ2) is 4.53. The molecule has 86 valence electrons. The van der Waals surface area contributed by atoms with E-state index in [1.807, 2.05) is 24.6 Å². The smallest absolute Gasteiger partial charge is 0.148 e. The lowest BCUT2D eigenvalue weighted by molar-refractivity contribution is 0.633. The van der Waals surface area contributed by atoms with Crippen molar-refractivity contribution in [1.29, 1.82) is 0 Å². The number of nitrogens with zero attached hydrogens (tertiary/aromatic N) is 2. The van der Waals surface area contributed by atoms with Crippen molar-refractivity contribution in [3.8, 4) is 0 Å². The molecule has 0 atom stereocenters. The van der Waals surface area contributed by atoms with Gasteiger partial charge in [-0.2, -0.15) is 5.10 Å². The van der Waals surface area contributed by atoms with Gasteiger partial charge in [0.15, 0.2) is 0 Å². The molecule has 0 unspecified atom stereocenters. The normalized spacial score (nSPS) is 14.8. The van der Waals surface area contributed by atoms with E-state index in [2.05, 4.69) is 21.0 Å². The quantitative estimate of drug-likeness (QED) is 0.764. The summed E-state index contributed by atoms with van der Waals surface area (Å²) < 4.78 is 16.0. The summed E-state index contributed by atoms with van der Waals surface area (Å²) in [6, 6.07) is 4.14. The van der Waals surface area contributed by atoms with Crippen LogP contribution in [0.25, 0.3) is 10.9 Å². The van der Waals surface area contributed by atoms with Gasteiger partial charge < -0.3 is 0 Å². The van der Waals surface area contributed by atoms with Crippen LogP contribution in [0, 0.1) is 5.82 Å². The molecule has 1 saturated carbocycles. The molecule has 0 saturated heterocycles. The molecule has 1 aromatic heterocycles. The molecule has 2 nitrogen and oxygen atoms in total. The van der Waals surface area contributed by atoms with E-state index in [1.54, 1.807) is 12.3 Å². The maximum atomic E-state index is 13.6. The zero-order valence-corrected chi connectivity index (χ0v) is 11.0. The van der Waals surface area contributed by atoms with Crippen molar-refractivity contribution in [2.75, 3.05) is 0 Å². The second-order valence-corrected chi connectivity index (χ2v) is 4.47. The molecule has 1 aromatic carbocycles. The van der Waals surface area contributed by atoms with Gasteiger partial charge in [-0.1, -0.05) is 13.8 Å². The van der Waals surface area contributed by atoms with Gasteiger partial charge in [-0.15, -0.1) is 0 Å². The summed E-state index contributed by atoms with van der Waals surface area (Å²) in [4.78, 5) is 0. The molecule has 1 aliphatic carbocycles. The van der Waals surface area contributed by atoms with E-state index < -0.39 is 0 Å². The lowest BCUT2D eigenvalue weighted by Crippen LogP contribution is -1.95. The molecular formula is C12H14BrFN2. The second-order valence-electron chi connectivity index (χ2n) is 3.61. The number of halogens is 2. The Kier molecular flexibility index (Phi) is 3.28. The summed E-state index contributed by atoms with van der Waals surface area (Å²) in [5, 5.41) is 4.82. The minimum atomic E-state index is -0.214. The lowest BCUT2D eigenvalue weighted by atomic mass is 10.2. The first-order chi connectivity index (χ1) is 7.77. The Balaban J connectivity index is 0.000000457. The molecule has 3 rings (SSSR count). The largest absolute Gasteiger partial charge is 0.262 e. The average molecular weight is 285 g/mol. The van der Waals surface area contributed by atoms with E-state index in [1.165, 1.54) is 0 Å². The van der Waals surface area contributed by atoms with E-state index in [4.69, 9.17) is 0 Å². The Morgan fingerprint density at radius 3 is 2.69 bits per heavy atom. The highest BCUT2D eigenvalue weighted by atomic mass is 79.9. The number of aromatic nitrogens is 2. The third kappa shape index (κ3) is 1.86. The third-order valence-corrected chi connectivity index (χ3v) is 3.17. The van der Waals surface area contributed by atoms with Crippen LogP contribution in [0.2, 0.25) is 0 Å². The topological polar surface area (TPSA) is 17.8 Å². The van der Waals surface area contributed by atoms with Crippen LogP contribution in [0.5, 0.6) is 0 Å². The highest BCUT2D eigenvalue weighted by Gasteiger charge is 2.26. The fourth-order valence-corrected chi connectivity index (χ4v) is 2.02. The first kappa shape index (κ1) is 11.6. The summed E-state index contributed by atoms with van der Waals surface area (Å²) in [6.45, 7) is 4.00. The van der Waals surface area contributed by atoms with Crippen LogP contribution in [0.3, 0.4) is 0 Å². The van der Waals surface area contributed by atoms with E-state index in [-0.39, 0.29) is 5.82 Å². The van der Waals surface area contributed by atoms with Crippen molar-refractivity contribution in [2.45, 2.75) is 32.7 Å². The van der Waals surface area contributed by atoms with Crippen LogP contribution in [-0.4, -0.2) is 9.78 Å². The Bertz CT molecular complexity index is 503. The molecule has 4 heteroatoms. The van der Waals surface area contributed by atoms with Gasteiger partial charge in [0.05, 0.1) is 27.6 Å². The number of benzene rings is 1. The molecule has 0 amide bonds. The van der Waals surface area contributed by atoms with Crippen molar-refractivity contribution >= 4 is 26.8 Å². The number of hydrogen-bond acceptors (Lipinski definition) is 1. The molecule has 1 aliphatic rings. The highest BCUT2D eigenvalue weighted by molar-refractivity contribution is 9.10. The van der Waals surface area contributed by atoms with Crippen LogP contribution >= 0.6 is 15.9 Å². The van der Waals surface area contributed by atoms with Gasteiger partial charge in [0.1, 0.15) is 5.82 Å². The number of hydrogen-bond donors (Lipinski definition) is 0. The fourth-order valence-electron chi connectivity index (χ4n) is 1.67. The highest BCUT2D eigenvalue weighted by Crippen LogP contribution is 2.37. The van der Waals surface area contributed by atoms with Crippen LogP contribution in [0.1, 0.15) is 32.7 Å². The molecular weight excluding hydrogens is 271 g/mol. The van der Waals surface area contributed by atoms with Gasteiger partial charge >= 0.3 is 0 Å². The van der Waals surface area contributed by atoms with Crippen molar-refractivity contribution < 1.29 is 4.39 Å². The zero-order chi connectivity index (χ0) is 11.7. The molecule has 0 N–H and O–H groups in total. The Morgan fingerprint density at radius 1 is 1.38 bits per heavy atom. The Morgan fingerprint density at radius 2 is 2.06 bits per heavy atom. The van der Waals surface area contributed by atoms with Crippen molar-refractivity contribution in [3.05, 3.63) is 28.6 Å². The zero-order valence-electron chi connectivity index (χ0n) is 9.37. The summed E-state index contributed by atoms with van der Waals surface area (Å²) >= 11 is 3.17. The fraction of sp³-hybridized carbons (Fsp3) is 0.417. The lowest BCUT2D eigenvalue weighted by Gasteiger charge is -2.00. The molecule has 1 fully saturated rings. The number of fused-ring (bicyclic) bond motifs is 1. The maximum absolute atomic E-state index is 13.6. The molecule has 0 bridgehead atoms. The minimum absolute atomic E-state index is 0.214. The van der Waals surface area contributed by atoms with Crippen molar-refractivity contribution in [3.63, 3.8) is 0 Å². The predicted octanol–water partition coefficient (Wildman–Crippen LogP) is 4.30. The van der Waals surface area contributed by atoms with E-state index in [9.17, 15) is 4.39 Å². The molecule has 0 spiro atoms. The summed E-state index contributed by atoms with van der Waals surface area (Å²) in [7, 11) is 0. The molecule has 0 aliphatic heterocycles. The van der Waals surface area contributed by atoms with Gasteiger partial charge in [-0.25, -0.2) is 4.39 Å². The Labute approximate surface area is 103 Å². The first-order valence-electron chi connectivity index (χ1n) is 5.58. The van der Waals surface area contributed by atoms with Gasteiger partial charge in [0.25, 0.3) is 0 Å². The van der Waals surface area contributed by atoms with Crippen LogP contribution in [0.4, 0.5) is 4.39 Å². The third-order valence-electron chi connectivity index (χ3n) is 2.56. The van der Waals surface area contributed by atoms with Crippen LogP contribution in [-0.2, 0) is 0 Å². The standard InChI is InChI=1S/C10H8BrFN2.C2H6/c11-8-3-4-9-7(10(8)12)5-13-14(9)6-1-2-6;1-2/h3-6H,1-2H2;1-2H3. The van der Waals surface area contributed by atoms with E-state index >= 15 is 0 Å². The molecule has 2 aromatic rings. The molecule has 0 radical (unpaired) electrons. The summed E-state index contributed by atoms with van der Waals surface area (Å²) in [5.74, 6) is -0.214. The molecule has 16 heavy (non-hydrogen) atoms. The Hall–Kier alpha value is -0.900. The van der Waals surface area contributed by atoms with Gasteiger partial charge in [0, 0.05) is 0 Å². The summed E-state index contributed by atoms with van der Waals surface area (Å²) in [5.41, 5.74) is 0.896. The van der Waals surface area contributed by atoms with Crippen LogP contribution < -0.4 is 0 Å². The molecule has 1 heterocycles. The SMILES string of the molecule is CC.Fc1c(Br)ccc2c1cnn2C1CC1. The first-order valence-corrected chi connectivity index (χ1v) is 6.38. The number of rotatable bonds is 1.